The molecule has 0 unspecified atom stereocenters. The molecule has 224 valence electrons. The Morgan fingerprint density at radius 1 is 0.814 bits per heavy atom. The van der Waals surface area contributed by atoms with Gasteiger partial charge in [-0.15, -0.1) is 0 Å². The second kappa shape index (κ2) is 15.0. The number of benzene rings is 4. The van der Waals surface area contributed by atoms with Gasteiger partial charge in [0.25, 0.3) is 0 Å². The Kier molecular flexibility index (Phi) is 10.9. The van der Waals surface area contributed by atoms with Crippen LogP contribution in [0, 0.1) is 0 Å². The molecule has 0 fully saturated rings. The van der Waals surface area contributed by atoms with Gasteiger partial charge in [-0.1, -0.05) is 60.7 Å². The molecule has 4 N–H and O–H groups in total. The first kappa shape index (κ1) is 31.2. The lowest BCUT2D eigenvalue weighted by atomic mass is 10.0. The largest absolute Gasteiger partial charge is 0.497 e. The number of hydroxylamine groups is 1. The van der Waals surface area contributed by atoms with E-state index in [9.17, 15) is 18.0 Å². The second-order valence-corrected chi connectivity index (χ2v) is 11.6. The summed E-state index contributed by atoms with van der Waals surface area (Å²) in [5.41, 5.74) is 5.91. The highest BCUT2D eigenvalue weighted by Crippen LogP contribution is 2.22. The molecule has 4 aromatic rings. The molecule has 0 bridgehead atoms. The molecule has 0 radical (unpaired) electrons. The lowest BCUT2D eigenvalue weighted by molar-refractivity contribution is -0.129. The van der Waals surface area contributed by atoms with Gasteiger partial charge in [-0.05, 0) is 71.1 Å². The van der Waals surface area contributed by atoms with Gasteiger partial charge < -0.3 is 15.4 Å². The Morgan fingerprint density at radius 3 is 2.19 bits per heavy atom. The number of carbonyl (C=O) groups is 2. The van der Waals surface area contributed by atoms with Gasteiger partial charge in [0.05, 0.1) is 12.0 Å². The average Bonchev–Trinajstić information content (AvgIpc) is 3.04. The summed E-state index contributed by atoms with van der Waals surface area (Å²) in [5.74, 6) is -0.00510. The molecular formula is C32H34N4O6S. The number of nitrogens with zero attached hydrogens (tertiary/aromatic N) is 1. The van der Waals surface area contributed by atoms with E-state index in [0.717, 1.165) is 22.3 Å². The molecule has 0 aliphatic heterocycles. The molecule has 0 aliphatic carbocycles. The van der Waals surface area contributed by atoms with Gasteiger partial charge in [-0.25, -0.2) is 18.7 Å². The summed E-state index contributed by atoms with van der Waals surface area (Å²) in [4.78, 5) is 24.2. The number of nitrogens with one attached hydrogen (secondary N) is 3. The van der Waals surface area contributed by atoms with Gasteiger partial charge in [-0.2, -0.15) is 4.31 Å². The smallest absolute Gasteiger partial charge is 0.319 e. The maximum atomic E-state index is 13.5. The quantitative estimate of drug-likeness (QED) is 0.128. The molecule has 4 aromatic carbocycles. The molecule has 10 nitrogen and oxygen atoms in total. The fourth-order valence-corrected chi connectivity index (χ4v) is 5.83. The van der Waals surface area contributed by atoms with Gasteiger partial charge >= 0.3 is 6.03 Å². The van der Waals surface area contributed by atoms with E-state index in [-0.39, 0.29) is 24.4 Å². The van der Waals surface area contributed by atoms with Crippen LogP contribution in [0.3, 0.4) is 0 Å². The molecule has 3 amide bonds. The van der Waals surface area contributed by atoms with Gasteiger partial charge in [0.15, 0.2) is 0 Å². The zero-order valence-corrected chi connectivity index (χ0v) is 24.5. The van der Waals surface area contributed by atoms with Crippen molar-refractivity contribution in [3.05, 3.63) is 114 Å². The van der Waals surface area contributed by atoms with Crippen LogP contribution in [-0.4, -0.2) is 50.1 Å². The summed E-state index contributed by atoms with van der Waals surface area (Å²) >= 11 is 0. The van der Waals surface area contributed by atoms with E-state index in [1.54, 1.807) is 19.2 Å². The monoisotopic (exact) mass is 602 g/mol. The fourth-order valence-electron chi connectivity index (χ4n) is 4.39. The third-order valence-corrected chi connectivity index (χ3v) is 8.67. The van der Waals surface area contributed by atoms with Gasteiger partial charge in [0.2, 0.25) is 15.9 Å². The van der Waals surface area contributed by atoms with E-state index in [0.29, 0.717) is 24.4 Å². The van der Waals surface area contributed by atoms with Gasteiger partial charge in [0, 0.05) is 31.7 Å². The first-order valence-corrected chi connectivity index (χ1v) is 15.1. The Balaban J connectivity index is 1.37. The minimum atomic E-state index is -3.99. The first-order chi connectivity index (χ1) is 20.8. The third-order valence-electron chi connectivity index (χ3n) is 6.76. The van der Waals surface area contributed by atoms with Crippen LogP contribution in [0.25, 0.3) is 11.1 Å². The van der Waals surface area contributed by atoms with Crippen LogP contribution in [0.2, 0.25) is 0 Å². The molecule has 0 saturated heterocycles. The van der Waals surface area contributed by atoms with E-state index in [1.807, 2.05) is 66.7 Å². The van der Waals surface area contributed by atoms with E-state index < -0.39 is 22.0 Å². The lowest BCUT2D eigenvalue weighted by Crippen LogP contribution is -2.36. The molecular weight excluding hydrogens is 568 g/mol. The zero-order valence-electron chi connectivity index (χ0n) is 23.7. The van der Waals surface area contributed by atoms with Crippen molar-refractivity contribution in [2.75, 3.05) is 25.5 Å². The van der Waals surface area contributed by atoms with Crippen LogP contribution in [0.15, 0.2) is 108 Å². The number of ether oxygens (including phenoxy) is 1. The Bertz CT molecular complexity index is 1610. The van der Waals surface area contributed by atoms with Crippen LogP contribution >= 0.6 is 0 Å². The minimum Gasteiger partial charge on any atom is -0.497 e. The van der Waals surface area contributed by atoms with Gasteiger partial charge in [-0.3, -0.25) is 10.0 Å². The van der Waals surface area contributed by atoms with Crippen molar-refractivity contribution in [1.29, 1.82) is 0 Å². The van der Waals surface area contributed by atoms with Crippen molar-refractivity contribution in [3.8, 4) is 16.9 Å². The maximum absolute atomic E-state index is 13.5. The summed E-state index contributed by atoms with van der Waals surface area (Å²) in [7, 11) is -2.42. The molecule has 0 spiro atoms. The normalized spacial score (nSPS) is 11.1. The Morgan fingerprint density at radius 2 is 1.51 bits per heavy atom. The lowest BCUT2D eigenvalue weighted by Gasteiger charge is -2.22. The van der Waals surface area contributed by atoms with Crippen LogP contribution in [-0.2, 0) is 27.8 Å². The van der Waals surface area contributed by atoms with Crippen molar-refractivity contribution in [3.63, 3.8) is 0 Å². The number of carbonyl (C=O) groups excluding carboxylic acids is 2. The van der Waals surface area contributed by atoms with Crippen molar-refractivity contribution in [1.82, 2.24) is 15.1 Å². The number of hydrogen-bond acceptors (Lipinski definition) is 6. The molecule has 11 heteroatoms. The number of hydrogen-bond donors (Lipinski definition) is 4. The van der Waals surface area contributed by atoms with Crippen LogP contribution in [0.5, 0.6) is 5.75 Å². The number of anilines is 1. The van der Waals surface area contributed by atoms with Gasteiger partial charge in [0.1, 0.15) is 5.75 Å². The number of urea groups is 1. The molecule has 0 aromatic heterocycles. The number of methoxy groups -OCH3 is 1. The molecule has 4 rings (SSSR count). The van der Waals surface area contributed by atoms with Crippen LogP contribution in [0.1, 0.15) is 17.5 Å². The highest BCUT2D eigenvalue weighted by atomic mass is 32.2. The number of rotatable bonds is 13. The molecule has 43 heavy (non-hydrogen) atoms. The Hall–Kier alpha value is -4.71. The predicted molar refractivity (Wildman–Crippen MR) is 164 cm³/mol. The minimum absolute atomic E-state index is 0.00956. The average molecular weight is 603 g/mol. The first-order valence-electron chi connectivity index (χ1n) is 13.6. The summed E-state index contributed by atoms with van der Waals surface area (Å²) in [6.45, 7) is 0.295. The van der Waals surface area contributed by atoms with Crippen molar-refractivity contribution in [2.45, 2.75) is 24.3 Å². The van der Waals surface area contributed by atoms with E-state index in [2.05, 4.69) is 10.6 Å². The number of amides is 3. The summed E-state index contributed by atoms with van der Waals surface area (Å²) < 4.78 is 33.3. The van der Waals surface area contributed by atoms with Crippen molar-refractivity contribution >= 4 is 27.6 Å². The predicted octanol–water partition coefficient (Wildman–Crippen LogP) is 4.81. The molecule has 0 aliphatic rings. The maximum Gasteiger partial charge on any atom is 0.319 e. The zero-order chi connectivity index (χ0) is 30.7. The molecule has 0 saturated carbocycles. The molecule has 0 heterocycles. The summed E-state index contributed by atoms with van der Waals surface area (Å²) in [6.07, 6.45) is 0.185. The molecule has 0 atom stereocenters. The highest BCUT2D eigenvalue weighted by molar-refractivity contribution is 7.89. The van der Waals surface area contributed by atoms with E-state index >= 15 is 0 Å². The van der Waals surface area contributed by atoms with Crippen LogP contribution < -0.4 is 20.9 Å². The van der Waals surface area contributed by atoms with Crippen LogP contribution in [0.4, 0.5) is 10.5 Å². The highest BCUT2D eigenvalue weighted by Gasteiger charge is 2.25. The van der Waals surface area contributed by atoms with E-state index in [4.69, 9.17) is 9.94 Å². The summed E-state index contributed by atoms with van der Waals surface area (Å²) in [6, 6.07) is 30.5. The second-order valence-electron chi connectivity index (χ2n) is 9.69. The van der Waals surface area contributed by atoms with Crippen molar-refractivity contribution in [2.24, 2.45) is 0 Å². The van der Waals surface area contributed by atoms with E-state index in [1.165, 1.54) is 34.1 Å². The SMILES string of the molecule is COc1ccc(CCN(CCC(=O)NO)S(=O)(=O)c2ccc(NC(=O)NCc3cccc(-c4ccccc4)c3)cc2)cc1. The third kappa shape index (κ3) is 8.89. The standard InChI is InChI=1S/C32H34N4O6S/c1-42-29-14-10-24(11-15-29)18-20-36(21-19-31(37)35-39)43(40,41)30-16-12-28(13-17-30)34-32(38)33-23-25-6-5-9-27(22-25)26-7-3-2-4-8-26/h2-17,22,39H,18-21,23H2,1H3,(H,35,37)(H2,33,34,38). The fraction of sp³-hybridized carbons (Fsp3) is 0.188. The summed E-state index contributed by atoms with van der Waals surface area (Å²) in [5, 5.41) is 14.4. The topological polar surface area (TPSA) is 137 Å². The number of sulfonamides is 1. The Labute approximate surface area is 251 Å². The van der Waals surface area contributed by atoms with Crippen molar-refractivity contribution < 1.29 is 28.0 Å².